The number of hydrogen-bond acceptors (Lipinski definition) is 4. The van der Waals surface area contributed by atoms with Crippen LogP contribution in [0.15, 0.2) is 57.5 Å². The molecule has 116 valence electrons. The van der Waals surface area contributed by atoms with Gasteiger partial charge in [-0.2, -0.15) is 0 Å². The summed E-state index contributed by atoms with van der Waals surface area (Å²) >= 11 is 1.46. The highest BCUT2D eigenvalue weighted by molar-refractivity contribution is 8.01. The average Bonchev–Trinajstić information content (AvgIpc) is 2.50. The first-order valence-electron chi connectivity index (χ1n) is 7.14. The molecule has 22 heavy (non-hydrogen) atoms. The first-order chi connectivity index (χ1) is 10.3. The molecule has 0 aromatic heterocycles. The molecule has 1 aromatic carbocycles. The number of carbonyl (C=O) groups is 2. The molecule has 0 aliphatic heterocycles. The van der Waals surface area contributed by atoms with Crippen LogP contribution in [0.5, 0.6) is 0 Å². The summed E-state index contributed by atoms with van der Waals surface area (Å²) in [5.74, 6) is -0.344. The molecule has 0 spiro atoms. The van der Waals surface area contributed by atoms with Crippen LogP contribution in [0.2, 0.25) is 0 Å². The zero-order chi connectivity index (χ0) is 16.5. The Bertz CT molecular complexity index is 656. The van der Waals surface area contributed by atoms with Crippen molar-refractivity contribution in [2.75, 3.05) is 0 Å². The zero-order valence-electron chi connectivity index (χ0n) is 13.5. The first-order valence-corrected chi connectivity index (χ1v) is 7.95. The maximum atomic E-state index is 12.3. The number of ketones is 1. The van der Waals surface area contributed by atoms with E-state index in [1.54, 1.807) is 13.8 Å². The van der Waals surface area contributed by atoms with Crippen molar-refractivity contribution in [3.8, 4) is 0 Å². The molecule has 3 nitrogen and oxygen atoms in total. The van der Waals surface area contributed by atoms with Crippen molar-refractivity contribution in [1.82, 2.24) is 0 Å². The third-order valence-corrected chi connectivity index (χ3v) is 5.58. The maximum absolute atomic E-state index is 12.3. The lowest BCUT2D eigenvalue weighted by Gasteiger charge is -2.39. The Kier molecular flexibility index (Phi) is 4.61. The van der Waals surface area contributed by atoms with Crippen molar-refractivity contribution >= 4 is 23.5 Å². The lowest BCUT2D eigenvalue weighted by atomic mass is 9.85. The van der Waals surface area contributed by atoms with E-state index in [1.807, 2.05) is 44.2 Å². The summed E-state index contributed by atoms with van der Waals surface area (Å²) < 4.78 is 5.75. The summed E-state index contributed by atoms with van der Waals surface area (Å²) in [5, 5.41) is 0. The maximum Gasteiger partial charge on any atom is 0.304 e. The molecule has 0 amide bonds. The molecule has 0 N–H and O–H groups in total. The lowest BCUT2D eigenvalue weighted by Crippen LogP contribution is -2.39. The molecule has 0 saturated heterocycles. The average molecular weight is 316 g/mol. The molecule has 0 saturated carbocycles. The fourth-order valence-electron chi connectivity index (χ4n) is 2.58. The van der Waals surface area contributed by atoms with Crippen LogP contribution >= 0.6 is 11.8 Å². The second-order valence-corrected chi connectivity index (χ2v) is 6.70. The van der Waals surface area contributed by atoms with Crippen molar-refractivity contribution in [3.63, 3.8) is 0 Å². The SMILES string of the molecule is CC(=O)OC1(Sc2ccccc2)C(C)=C(C)C(=O)C(C)=C1C. The molecular weight excluding hydrogens is 296 g/mol. The fraction of sp³-hybridized carbons (Fsp3) is 0.333. The zero-order valence-corrected chi connectivity index (χ0v) is 14.3. The number of thioether (sulfide) groups is 1. The Hall–Kier alpha value is -1.81. The van der Waals surface area contributed by atoms with E-state index in [2.05, 4.69) is 0 Å². The number of Topliss-reactive ketones (excluding diaryl/α,β-unsaturated/α-hetero) is 1. The summed E-state index contributed by atoms with van der Waals surface area (Å²) in [6.07, 6.45) is 0. The van der Waals surface area contributed by atoms with E-state index in [0.29, 0.717) is 11.1 Å². The molecule has 0 heterocycles. The van der Waals surface area contributed by atoms with Crippen LogP contribution in [0.25, 0.3) is 0 Å². The summed E-state index contributed by atoms with van der Waals surface area (Å²) in [6.45, 7) is 8.70. The van der Waals surface area contributed by atoms with Gasteiger partial charge >= 0.3 is 5.97 Å². The normalized spacial score (nSPS) is 17.8. The molecule has 4 heteroatoms. The second kappa shape index (κ2) is 6.13. The van der Waals surface area contributed by atoms with Gasteiger partial charge in [0.15, 0.2) is 5.78 Å². The molecule has 1 aliphatic carbocycles. The van der Waals surface area contributed by atoms with Crippen molar-refractivity contribution in [2.24, 2.45) is 0 Å². The van der Waals surface area contributed by atoms with Crippen LogP contribution in [-0.2, 0) is 14.3 Å². The monoisotopic (exact) mass is 316 g/mol. The van der Waals surface area contributed by atoms with E-state index in [-0.39, 0.29) is 11.8 Å². The van der Waals surface area contributed by atoms with Gasteiger partial charge in [0.2, 0.25) is 4.93 Å². The number of rotatable bonds is 3. The quantitative estimate of drug-likeness (QED) is 0.616. The molecule has 1 aliphatic rings. The van der Waals surface area contributed by atoms with E-state index < -0.39 is 4.93 Å². The van der Waals surface area contributed by atoms with Gasteiger partial charge in [-0.1, -0.05) is 30.0 Å². The van der Waals surface area contributed by atoms with E-state index in [1.165, 1.54) is 18.7 Å². The number of carbonyl (C=O) groups excluding carboxylic acids is 2. The van der Waals surface area contributed by atoms with Crippen LogP contribution in [0.4, 0.5) is 0 Å². The van der Waals surface area contributed by atoms with Crippen LogP contribution in [0.1, 0.15) is 34.6 Å². The Morgan fingerprint density at radius 3 is 1.95 bits per heavy atom. The minimum atomic E-state index is -0.949. The van der Waals surface area contributed by atoms with Gasteiger partial charge in [0.05, 0.1) is 0 Å². The molecule has 2 rings (SSSR count). The van der Waals surface area contributed by atoms with Gasteiger partial charge in [-0.15, -0.1) is 0 Å². The highest BCUT2D eigenvalue weighted by Crippen LogP contribution is 2.49. The molecular formula is C18H20O3S. The standard InChI is InChI=1S/C18H20O3S/c1-11-13(3)18(21-15(5)19,14(4)12(2)17(11)20)22-16-9-7-6-8-10-16/h6-10H,1-5H3. The van der Waals surface area contributed by atoms with Gasteiger partial charge in [0.25, 0.3) is 0 Å². The van der Waals surface area contributed by atoms with Crippen LogP contribution in [0, 0.1) is 0 Å². The predicted molar refractivity (Wildman–Crippen MR) is 88.6 cm³/mol. The Labute approximate surface area is 135 Å². The molecule has 0 unspecified atom stereocenters. The molecule has 0 bridgehead atoms. The van der Waals surface area contributed by atoms with Gasteiger partial charge in [-0.3, -0.25) is 9.59 Å². The molecule has 0 atom stereocenters. The summed E-state index contributed by atoms with van der Waals surface area (Å²) in [4.78, 5) is 24.1. The predicted octanol–water partition coefficient (Wildman–Crippen LogP) is 4.29. The van der Waals surface area contributed by atoms with Gasteiger partial charge in [0.1, 0.15) is 0 Å². The number of benzene rings is 1. The minimum Gasteiger partial charge on any atom is -0.439 e. The highest BCUT2D eigenvalue weighted by atomic mass is 32.2. The largest absolute Gasteiger partial charge is 0.439 e. The topological polar surface area (TPSA) is 43.4 Å². The van der Waals surface area contributed by atoms with Gasteiger partial charge in [-0.05, 0) is 51.0 Å². The summed E-state index contributed by atoms with van der Waals surface area (Å²) in [5.41, 5.74) is 2.86. The summed E-state index contributed by atoms with van der Waals surface area (Å²) in [6, 6.07) is 9.76. The van der Waals surface area contributed by atoms with Gasteiger partial charge in [0, 0.05) is 23.0 Å². The molecule has 0 radical (unpaired) electrons. The number of allylic oxidation sites excluding steroid dienone is 2. The fourth-order valence-corrected chi connectivity index (χ4v) is 3.98. The third-order valence-electron chi connectivity index (χ3n) is 4.09. The first kappa shape index (κ1) is 16.6. The van der Waals surface area contributed by atoms with E-state index >= 15 is 0 Å². The number of hydrogen-bond donors (Lipinski definition) is 0. The molecule has 0 fully saturated rings. The lowest BCUT2D eigenvalue weighted by molar-refractivity contribution is -0.145. The van der Waals surface area contributed by atoms with E-state index in [4.69, 9.17) is 4.74 Å². The van der Waals surface area contributed by atoms with Crippen LogP contribution in [-0.4, -0.2) is 16.7 Å². The minimum absolute atomic E-state index is 0.0199. The van der Waals surface area contributed by atoms with Gasteiger partial charge in [-0.25, -0.2) is 0 Å². The Balaban J connectivity index is 2.62. The van der Waals surface area contributed by atoms with Crippen molar-refractivity contribution in [1.29, 1.82) is 0 Å². The molecule has 1 aromatic rings. The second-order valence-electron chi connectivity index (χ2n) is 5.45. The Morgan fingerprint density at radius 2 is 1.50 bits per heavy atom. The van der Waals surface area contributed by atoms with E-state index in [0.717, 1.165) is 16.0 Å². The smallest absolute Gasteiger partial charge is 0.304 e. The van der Waals surface area contributed by atoms with E-state index in [9.17, 15) is 9.59 Å². The highest BCUT2D eigenvalue weighted by Gasteiger charge is 2.45. The number of esters is 1. The summed E-state index contributed by atoms with van der Waals surface area (Å²) in [7, 11) is 0. The van der Waals surface area contributed by atoms with Crippen LogP contribution < -0.4 is 0 Å². The van der Waals surface area contributed by atoms with Crippen molar-refractivity contribution in [2.45, 2.75) is 44.4 Å². The van der Waals surface area contributed by atoms with Crippen molar-refractivity contribution < 1.29 is 14.3 Å². The number of ether oxygens (including phenoxy) is 1. The Morgan fingerprint density at radius 1 is 1.00 bits per heavy atom. The van der Waals surface area contributed by atoms with Crippen LogP contribution in [0.3, 0.4) is 0 Å². The third kappa shape index (κ3) is 2.75. The van der Waals surface area contributed by atoms with Crippen molar-refractivity contribution in [3.05, 3.63) is 52.6 Å². The van der Waals surface area contributed by atoms with Gasteiger partial charge < -0.3 is 4.74 Å².